The highest BCUT2D eigenvalue weighted by Crippen LogP contribution is 2.35. The van der Waals surface area contributed by atoms with Crippen molar-refractivity contribution in [3.05, 3.63) is 47.6 Å². The Hall–Kier alpha value is -2.65. The average Bonchev–Trinajstić information content (AvgIpc) is 3.22. The number of nitrogens with zero attached hydrogens (tertiary/aromatic N) is 5. The van der Waals surface area contributed by atoms with E-state index in [1.165, 1.54) is 11.8 Å². The molecule has 0 saturated carbocycles. The molecule has 4 rings (SSSR count). The Morgan fingerprint density at radius 1 is 1.36 bits per heavy atom. The summed E-state index contributed by atoms with van der Waals surface area (Å²) < 4.78 is 1.81. The van der Waals surface area contributed by atoms with Crippen LogP contribution in [0.2, 0.25) is 5.02 Å². The van der Waals surface area contributed by atoms with Crippen LogP contribution in [-0.2, 0) is 10.3 Å². The molecule has 4 heterocycles. The van der Waals surface area contributed by atoms with E-state index in [0.717, 1.165) is 10.7 Å². The molecule has 1 atom stereocenters. The number of primary amides is 1. The SMILES string of the molecule is CC(C)(Nc1ncc(-c2cn3c(n2)SCC3C(N)=O)cn1)c1ncccc1Cl. The summed E-state index contributed by atoms with van der Waals surface area (Å²) in [6, 6.07) is 3.22. The maximum absolute atomic E-state index is 11.5. The fraction of sp³-hybridized carbons (Fsp3) is 0.278. The minimum atomic E-state index is -0.555. The predicted octanol–water partition coefficient (Wildman–Crippen LogP) is 2.87. The van der Waals surface area contributed by atoms with Crippen molar-refractivity contribution in [2.75, 3.05) is 11.1 Å². The summed E-state index contributed by atoms with van der Waals surface area (Å²) in [7, 11) is 0. The number of anilines is 1. The molecule has 0 fully saturated rings. The maximum atomic E-state index is 11.5. The lowest BCUT2D eigenvalue weighted by Gasteiger charge is -2.26. The molecule has 3 aromatic rings. The first-order chi connectivity index (χ1) is 13.3. The summed E-state index contributed by atoms with van der Waals surface area (Å²) >= 11 is 7.77. The van der Waals surface area contributed by atoms with Crippen LogP contribution in [0.15, 0.2) is 42.1 Å². The molecule has 0 bridgehead atoms. The predicted molar refractivity (Wildman–Crippen MR) is 108 cm³/mol. The first kappa shape index (κ1) is 18.7. The van der Waals surface area contributed by atoms with Crippen LogP contribution in [0.1, 0.15) is 25.6 Å². The minimum absolute atomic E-state index is 0.360. The van der Waals surface area contributed by atoms with Crippen molar-refractivity contribution >= 4 is 35.2 Å². The van der Waals surface area contributed by atoms with E-state index in [0.29, 0.717) is 28.1 Å². The van der Waals surface area contributed by atoms with Gasteiger partial charge in [-0.2, -0.15) is 0 Å². The Kier molecular flexibility index (Phi) is 4.72. The summed E-state index contributed by atoms with van der Waals surface area (Å²) in [5, 5.41) is 4.60. The van der Waals surface area contributed by atoms with Crippen LogP contribution in [0.3, 0.4) is 0 Å². The number of pyridine rings is 1. The van der Waals surface area contributed by atoms with Crippen LogP contribution in [0, 0.1) is 0 Å². The fourth-order valence-corrected chi connectivity index (χ4v) is 4.49. The number of thioether (sulfide) groups is 1. The number of imidazole rings is 1. The second kappa shape index (κ2) is 7.06. The van der Waals surface area contributed by atoms with E-state index in [9.17, 15) is 4.79 Å². The molecule has 1 aliphatic rings. The molecule has 1 amide bonds. The van der Waals surface area contributed by atoms with E-state index in [2.05, 4.69) is 25.3 Å². The normalized spacial score (nSPS) is 16.0. The number of carbonyl (C=O) groups excluding carboxylic acids is 1. The van der Waals surface area contributed by atoms with Gasteiger partial charge in [0.15, 0.2) is 5.16 Å². The molecule has 0 aliphatic carbocycles. The zero-order chi connectivity index (χ0) is 19.9. The summed E-state index contributed by atoms with van der Waals surface area (Å²) in [6.45, 7) is 3.92. The third-order valence-electron chi connectivity index (χ3n) is 4.46. The van der Waals surface area contributed by atoms with E-state index in [-0.39, 0.29) is 11.9 Å². The minimum Gasteiger partial charge on any atom is -0.368 e. The molecule has 1 unspecified atom stereocenters. The second-order valence-electron chi connectivity index (χ2n) is 6.92. The molecule has 0 radical (unpaired) electrons. The highest BCUT2D eigenvalue weighted by Gasteiger charge is 2.29. The molecule has 0 saturated heterocycles. The molecule has 0 spiro atoms. The van der Waals surface area contributed by atoms with Gasteiger partial charge in [-0.15, -0.1) is 0 Å². The molecule has 144 valence electrons. The topological polar surface area (TPSA) is 112 Å². The van der Waals surface area contributed by atoms with E-state index < -0.39 is 5.54 Å². The zero-order valence-corrected chi connectivity index (χ0v) is 16.8. The number of nitrogens with two attached hydrogens (primary N) is 1. The molecule has 3 N–H and O–H groups in total. The van der Waals surface area contributed by atoms with Crippen LogP contribution in [0.4, 0.5) is 5.95 Å². The van der Waals surface area contributed by atoms with E-state index >= 15 is 0 Å². The molecule has 10 heteroatoms. The molecule has 3 aromatic heterocycles. The Bertz CT molecular complexity index is 1030. The summed E-state index contributed by atoms with van der Waals surface area (Å²) in [6.07, 6.45) is 6.89. The monoisotopic (exact) mass is 415 g/mol. The Balaban J connectivity index is 1.55. The third-order valence-corrected chi connectivity index (χ3v) is 5.80. The van der Waals surface area contributed by atoms with Crippen LogP contribution >= 0.6 is 23.4 Å². The first-order valence-electron chi connectivity index (χ1n) is 8.58. The molecular formula is C18H18ClN7OS. The molecule has 1 aliphatic heterocycles. The lowest BCUT2D eigenvalue weighted by atomic mass is 10.00. The Labute approximate surface area is 171 Å². The van der Waals surface area contributed by atoms with Crippen molar-refractivity contribution in [1.82, 2.24) is 24.5 Å². The number of rotatable bonds is 5. The molecule has 0 aromatic carbocycles. The van der Waals surface area contributed by atoms with Crippen molar-refractivity contribution < 1.29 is 4.79 Å². The smallest absolute Gasteiger partial charge is 0.241 e. The van der Waals surface area contributed by atoms with Gasteiger partial charge in [0.25, 0.3) is 0 Å². The van der Waals surface area contributed by atoms with Gasteiger partial charge in [-0.1, -0.05) is 23.4 Å². The maximum Gasteiger partial charge on any atom is 0.241 e. The van der Waals surface area contributed by atoms with Gasteiger partial charge in [-0.3, -0.25) is 9.78 Å². The van der Waals surface area contributed by atoms with Gasteiger partial charge >= 0.3 is 0 Å². The standard InChI is InChI=1S/C18H18ClN7OS/c1-18(2,14-11(19)4-3-5-21-14)25-16-22-6-10(7-23-16)12-8-26-13(15(20)27)9-28-17(26)24-12/h3-8,13H,9H2,1-2H3,(H2,20,27)(H,22,23,25). The quantitative estimate of drug-likeness (QED) is 0.658. The number of nitrogens with one attached hydrogen (secondary N) is 1. The van der Waals surface area contributed by atoms with Gasteiger partial charge in [0.1, 0.15) is 6.04 Å². The number of amides is 1. The first-order valence-corrected chi connectivity index (χ1v) is 9.94. The average molecular weight is 416 g/mol. The van der Waals surface area contributed by atoms with Gasteiger partial charge in [-0.25, -0.2) is 15.0 Å². The fourth-order valence-electron chi connectivity index (χ4n) is 3.01. The number of carbonyl (C=O) groups is 1. The lowest BCUT2D eigenvalue weighted by Crippen LogP contribution is -2.30. The van der Waals surface area contributed by atoms with Crippen molar-refractivity contribution in [2.24, 2.45) is 5.73 Å². The number of fused-ring (bicyclic) bond motifs is 1. The van der Waals surface area contributed by atoms with Crippen molar-refractivity contribution in [1.29, 1.82) is 0 Å². The largest absolute Gasteiger partial charge is 0.368 e. The zero-order valence-electron chi connectivity index (χ0n) is 15.3. The van der Waals surface area contributed by atoms with Crippen LogP contribution in [0.5, 0.6) is 0 Å². The molecule has 8 nitrogen and oxygen atoms in total. The van der Waals surface area contributed by atoms with Gasteiger partial charge in [-0.05, 0) is 26.0 Å². The van der Waals surface area contributed by atoms with E-state index in [1.54, 1.807) is 35.3 Å². The van der Waals surface area contributed by atoms with Gasteiger partial charge in [0.05, 0.1) is 21.9 Å². The third kappa shape index (κ3) is 3.43. The van der Waals surface area contributed by atoms with Crippen LogP contribution in [-0.4, -0.2) is 36.2 Å². The number of hydrogen-bond donors (Lipinski definition) is 2. The van der Waals surface area contributed by atoms with E-state index in [4.69, 9.17) is 17.3 Å². The van der Waals surface area contributed by atoms with Gasteiger partial charge < -0.3 is 15.6 Å². The highest BCUT2D eigenvalue weighted by atomic mass is 35.5. The second-order valence-corrected chi connectivity index (χ2v) is 8.32. The van der Waals surface area contributed by atoms with Gasteiger partial charge in [0.2, 0.25) is 11.9 Å². The number of halogens is 1. The van der Waals surface area contributed by atoms with Crippen molar-refractivity contribution in [2.45, 2.75) is 30.6 Å². The number of hydrogen-bond acceptors (Lipinski definition) is 7. The molecule has 28 heavy (non-hydrogen) atoms. The Morgan fingerprint density at radius 2 is 2.11 bits per heavy atom. The highest BCUT2D eigenvalue weighted by molar-refractivity contribution is 7.99. The van der Waals surface area contributed by atoms with Crippen molar-refractivity contribution in [3.63, 3.8) is 0 Å². The van der Waals surface area contributed by atoms with Crippen molar-refractivity contribution in [3.8, 4) is 11.3 Å². The van der Waals surface area contributed by atoms with Crippen LogP contribution in [0.25, 0.3) is 11.3 Å². The number of aromatic nitrogens is 5. The van der Waals surface area contributed by atoms with E-state index in [1.807, 2.05) is 20.0 Å². The van der Waals surface area contributed by atoms with Crippen LogP contribution < -0.4 is 11.1 Å². The van der Waals surface area contributed by atoms with Gasteiger partial charge in [0, 0.05) is 36.1 Å². The lowest BCUT2D eigenvalue weighted by molar-refractivity contribution is -0.120. The summed E-state index contributed by atoms with van der Waals surface area (Å²) in [5.74, 6) is 0.704. The molecular weight excluding hydrogens is 398 g/mol. The summed E-state index contributed by atoms with van der Waals surface area (Å²) in [4.78, 5) is 29.2. The Morgan fingerprint density at radius 3 is 2.79 bits per heavy atom. The summed E-state index contributed by atoms with van der Waals surface area (Å²) in [5.41, 5.74) is 7.06.